The molecule has 1 aromatic carbocycles. The van der Waals surface area contributed by atoms with Crippen molar-refractivity contribution < 1.29 is 9.90 Å². The van der Waals surface area contributed by atoms with Gasteiger partial charge in [-0.3, -0.25) is 4.79 Å². The standard InChI is InChI=1S/C15H18N2O2/c1-2-17(9-10-18)14(19)12-3-5-13(6-4-12)15(11-16)7-8-15/h3-6,18H,2,7-10H2,1H3. The number of hydrogen-bond donors (Lipinski definition) is 1. The zero-order valence-electron chi connectivity index (χ0n) is 11.1. The van der Waals surface area contributed by atoms with E-state index in [1.165, 1.54) is 0 Å². The number of likely N-dealkylation sites (N-methyl/N-ethyl adjacent to an activating group) is 1. The maximum Gasteiger partial charge on any atom is 0.253 e. The predicted molar refractivity (Wildman–Crippen MR) is 71.6 cm³/mol. The minimum absolute atomic E-state index is 0.0325. The van der Waals surface area contributed by atoms with Crippen molar-refractivity contribution in [3.63, 3.8) is 0 Å². The number of rotatable bonds is 5. The molecule has 1 aromatic rings. The molecule has 1 amide bonds. The Hall–Kier alpha value is -1.86. The normalized spacial score (nSPS) is 15.6. The van der Waals surface area contributed by atoms with Crippen molar-refractivity contribution in [1.29, 1.82) is 5.26 Å². The van der Waals surface area contributed by atoms with Gasteiger partial charge in [-0.15, -0.1) is 0 Å². The third-order valence-corrected chi connectivity index (χ3v) is 3.69. The fraction of sp³-hybridized carbons (Fsp3) is 0.467. The second-order valence-electron chi connectivity index (χ2n) is 4.88. The summed E-state index contributed by atoms with van der Waals surface area (Å²) in [6.07, 6.45) is 1.81. The fourth-order valence-corrected chi connectivity index (χ4v) is 2.23. The Bertz CT molecular complexity index is 498. The molecule has 0 heterocycles. The number of hydrogen-bond acceptors (Lipinski definition) is 3. The van der Waals surface area contributed by atoms with Gasteiger partial charge in [0, 0.05) is 18.7 Å². The number of aliphatic hydroxyl groups is 1. The molecular formula is C15H18N2O2. The number of carbonyl (C=O) groups excluding carboxylic acids is 1. The van der Waals surface area contributed by atoms with Gasteiger partial charge >= 0.3 is 0 Å². The lowest BCUT2D eigenvalue weighted by Crippen LogP contribution is -2.33. The number of benzene rings is 1. The zero-order valence-corrected chi connectivity index (χ0v) is 11.1. The van der Waals surface area contributed by atoms with Crippen molar-refractivity contribution in [3.05, 3.63) is 35.4 Å². The van der Waals surface area contributed by atoms with E-state index in [9.17, 15) is 4.79 Å². The molecule has 4 nitrogen and oxygen atoms in total. The van der Waals surface area contributed by atoms with Crippen molar-refractivity contribution in [2.75, 3.05) is 19.7 Å². The lowest BCUT2D eigenvalue weighted by molar-refractivity contribution is 0.0732. The van der Waals surface area contributed by atoms with Gasteiger partial charge in [-0.1, -0.05) is 12.1 Å². The van der Waals surface area contributed by atoms with Crippen LogP contribution in [0.15, 0.2) is 24.3 Å². The van der Waals surface area contributed by atoms with Gasteiger partial charge in [-0.2, -0.15) is 5.26 Å². The number of aliphatic hydroxyl groups excluding tert-OH is 1. The molecule has 1 saturated carbocycles. The molecule has 100 valence electrons. The van der Waals surface area contributed by atoms with Gasteiger partial charge in [0.2, 0.25) is 0 Å². The van der Waals surface area contributed by atoms with Crippen LogP contribution in [0.2, 0.25) is 0 Å². The van der Waals surface area contributed by atoms with Crippen LogP contribution >= 0.6 is 0 Å². The van der Waals surface area contributed by atoms with Crippen molar-refractivity contribution >= 4 is 5.91 Å². The molecular weight excluding hydrogens is 240 g/mol. The van der Waals surface area contributed by atoms with Gasteiger partial charge in [0.1, 0.15) is 0 Å². The van der Waals surface area contributed by atoms with Crippen LogP contribution in [0.4, 0.5) is 0 Å². The van der Waals surface area contributed by atoms with E-state index in [1.807, 2.05) is 19.1 Å². The van der Waals surface area contributed by atoms with Crippen molar-refractivity contribution in [1.82, 2.24) is 4.90 Å². The Morgan fingerprint density at radius 1 is 1.42 bits per heavy atom. The smallest absolute Gasteiger partial charge is 0.253 e. The maximum atomic E-state index is 12.2. The molecule has 1 fully saturated rings. The molecule has 4 heteroatoms. The molecule has 0 aliphatic heterocycles. The van der Waals surface area contributed by atoms with E-state index >= 15 is 0 Å². The van der Waals surface area contributed by atoms with E-state index in [-0.39, 0.29) is 17.9 Å². The predicted octanol–water partition coefficient (Wildman–Crippen LogP) is 1.70. The highest BCUT2D eigenvalue weighted by Gasteiger charge is 2.44. The van der Waals surface area contributed by atoms with Gasteiger partial charge in [0.05, 0.1) is 18.1 Å². The van der Waals surface area contributed by atoms with Crippen LogP contribution in [-0.4, -0.2) is 35.6 Å². The minimum atomic E-state index is -0.308. The van der Waals surface area contributed by atoms with Gasteiger partial charge in [0.15, 0.2) is 0 Å². The van der Waals surface area contributed by atoms with Gasteiger partial charge in [-0.05, 0) is 37.5 Å². The minimum Gasteiger partial charge on any atom is -0.395 e. The Kier molecular flexibility index (Phi) is 3.87. The first kappa shape index (κ1) is 13.6. The molecule has 1 aliphatic rings. The summed E-state index contributed by atoms with van der Waals surface area (Å²) < 4.78 is 0. The van der Waals surface area contributed by atoms with E-state index < -0.39 is 0 Å². The average molecular weight is 258 g/mol. The quantitative estimate of drug-likeness (QED) is 0.874. The number of carbonyl (C=O) groups is 1. The van der Waals surface area contributed by atoms with Gasteiger partial charge < -0.3 is 10.0 Å². The van der Waals surface area contributed by atoms with Crippen LogP contribution in [0.3, 0.4) is 0 Å². The Morgan fingerprint density at radius 3 is 2.47 bits per heavy atom. The topological polar surface area (TPSA) is 64.3 Å². The second-order valence-corrected chi connectivity index (χ2v) is 4.88. The molecule has 1 aliphatic carbocycles. The third-order valence-electron chi connectivity index (χ3n) is 3.69. The fourth-order valence-electron chi connectivity index (χ4n) is 2.23. The molecule has 0 aromatic heterocycles. The van der Waals surface area contributed by atoms with Crippen molar-refractivity contribution in [2.45, 2.75) is 25.2 Å². The summed E-state index contributed by atoms with van der Waals surface area (Å²) in [4.78, 5) is 13.8. The van der Waals surface area contributed by atoms with E-state index in [2.05, 4.69) is 6.07 Å². The first-order valence-electron chi connectivity index (χ1n) is 6.59. The third kappa shape index (κ3) is 2.61. The molecule has 0 saturated heterocycles. The summed E-state index contributed by atoms with van der Waals surface area (Å²) >= 11 is 0. The van der Waals surface area contributed by atoms with Crippen LogP contribution in [0, 0.1) is 11.3 Å². The lowest BCUT2D eigenvalue weighted by Gasteiger charge is -2.20. The Morgan fingerprint density at radius 2 is 2.05 bits per heavy atom. The second kappa shape index (κ2) is 5.41. The Labute approximate surface area is 113 Å². The van der Waals surface area contributed by atoms with Gasteiger partial charge in [-0.25, -0.2) is 0 Å². The largest absolute Gasteiger partial charge is 0.395 e. The summed E-state index contributed by atoms with van der Waals surface area (Å²) in [6, 6.07) is 9.63. The van der Waals surface area contributed by atoms with E-state index in [4.69, 9.17) is 10.4 Å². The molecule has 0 atom stereocenters. The summed E-state index contributed by atoms with van der Waals surface area (Å²) in [5.74, 6) is -0.0788. The molecule has 0 unspecified atom stereocenters. The molecule has 1 N–H and O–H groups in total. The maximum absolute atomic E-state index is 12.2. The number of nitrogens with zero attached hydrogens (tertiary/aromatic N) is 2. The number of nitriles is 1. The highest BCUT2D eigenvalue weighted by Crippen LogP contribution is 2.47. The van der Waals surface area contributed by atoms with Crippen LogP contribution in [0.1, 0.15) is 35.7 Å². The van der Waals surface area contributed by atoms with Crippen LogP contribution in [0.25, 0.3) is 0 Å². The highest BCUT2D eigenvalue weighted by atomic mass is 16.3. The first-order chi connectivity index (χ1) is 9.16. The monoisotopic (exact) mass is 258 g/mol. The van der Waals surface area contributed by atoms with Crippen LogP contribution < -0.4 is 0 Å². The summed E-state index contributed by atoms with van der Waals surface area (Å²) in [7, 11) is 0. The van der Waals surface area contributed by atoms with Gasteiger partial charge in [0.25, 0.3) is 5.91 Å². The van der Waals surface area contributed by atoms with Crippen molar-refractivity contribution in [3.8, 4) is 6.07 Å². The number of amides is 1. The molecule has 0 radical (unpaired) electrons. The van der Waals surface area contributed by atoms with E-state index in [1.54, 1.807) is 17.0 Å². The van der Waals surface area contributed by atoms with E-state index in [0.29, 0.717) is 18.7 Å². The average Bonchev–Trinajstić information content (AvgIpc) is 3.25. The van der Waals surface area contributed by atoms with Crippen LogP contribution in [-0.2, 0) is 5.41 Å². The van der Waals surface area contributed by atoms with E-state index in [0.717, 1.165) is 18.4 Å². The molecule has 2 rings (SSSR count). The molecule has 0 bridgehead atoms. The summed E-state index contributed by atoms with van der Waals surface area (Å²) in [6.45, 7) is 2.77. The summed E-state index contributed by atoms with van der Waals surface area (Å²) in [5, 5.41) is 18.1. The zero-order chi connectivity index (χ0) is 13.9. The molecule has 19 heavy (non-hydrogen) atoms. The summed E-state index contributed by atoms with van der Waals surface area (Å²) in [5.41, 5.74) is 1.29. The lowest BCUT2D eigenvalue weighted by atomic mass is 9.96. The first-order valence-corrected chi connectivity index (χ1v) is 6.59. The molecule has 0 spiro atoms. The van der Waals surface area contributed by atoms with Crippen LogP contribution in [0.5, 0.6) is 0 Å². The SMILES string of the molecule is CCN(CCO)C(=O)c1ccc(C2(C#N)CC2)cc1. The highest BCUT2D eigenvalue weighted by molar-refractivity contribution is 5.94. The Balaban J connectivity index is 2.14. The van der Waals surface area contributed by atoms with Crippen molar-refractivity contribution in [2.24, 2.45) is 0 Å².